The molecule has 2 aromatic rings. The van der Waals surface area contributed by atoms with E-state index in [1.165, 1.54) is 0 Å². The first kappa shape index (κ1) is 12.1. The molecule has 0 unspecified atom stereocenters. The van der Waals surface area contributed by atoms with Crippen molar-refractivity contribution in [3.05, 3.63) is 48.0 Å². The highest BCUT2D eigenvalue weighted by Gasteiger charge is 2.06. The Balaban J connectivity index is 2.40. The van der Waals surface area contributed by atoms with Crippen LogP contribution in [0, 0.1) is 0 Å². The van der Waals surface area contributed by atoms with Crippen LogP contribution in [0.5, 0.6) is 0 Å². The lowest BCUT2D eigenvalue weighted by Crippen LogP contribution is -1.94. The molecule has 88 valence electrons. The van der Waals surface area contributed by atoms with Gasteiger partial charge in [0.2, 0.25) is 0 Å². The van der Waals surface area contributed by atoms with Gasteiger partial charge in [-0.25, -0.2) is 4.98 Å². The van der Waals surface area contributed by atoms with Gasteiger partial charge in [-0.1, -0.05) is 43.3 Å². The van der Waals surface area contributed by atoms with E-state index in [-0.39, 0.29) is 6.61 Å². The third kappa shape index (κ3) is 2.87. The number of hydrogen-bond donors (Lipinski definition) is 1. The zero-order valence-electron chi connectivity index (χ0n) is 9.76. The lowest BCUT2D eigenvalue weighted by molar-refractivity contribution is 0.278. The first-order valence-electron chi connectivity index (χ1n) is 5.64. The SMILES string of the molecule is CCSc1nc(-c2ccccc2)ccc1CO. The van der Waals surface area contributed by atoms with Crippen molar-refractivity contribution in [2.45, 2.75) is 18.6 Å². The first-order chi connectivity index (χ1) is 8.35. The highest BCUT2D eigenvalue weighted by Crippen LogP contribution is 2.25. The van der Waals surface area contributed by atoms with E-state index in [0.29, 0.717) is 0 Å². The molecule has 1 N–H and O–H groups in total. The standard InChI is InChI=1S/C14H15NOS/c1-2-17-14-12(10-16)8-9-13(15-14)11-6-4-3-5-7-11/h3-9,16H,2,10H2,1H3. The Labute approximate surface area is 106 Å². The second kappa shape index (κ2) is 5.84. The Kier molecular flexibility index (Phi) is 4.18. The van der Waals surface area contributed by atoms with E-state index in [1.807, 2.05) is 42.5 Å². The predicted octanol–water partition coefficient (Wildman–Crippen LogP) is 3.35. The normalized spacial score (nSPS) is 10.5. The van der Waals surface area contributed by atoms with Gasteiger partial charge in [0, 0.05) is 11.1 Å². The van der Waals surface area contributed by atoms with Crippen LogP contribution < -0.4 is 0 Å². The fourth-order valence-electron chi connectivity index (χ4n) is 1.62. The number of aliphatic hydroxyl groups excluding tert-OH is 1. The predicted molar refractivity (Wildman–Crippen MR) is 72.0 cm³/mol. The van der Waals surface area contributed by atoms with Crippen molar-refractivity contribution in [1.29, 1.82) is 0 Å². The molecule has 0 bridgehead atoms. The van der Waals surface area contributed by atoms with Crippen LogP contribution in [0.4, 0.5) is 0 Å². The lowest BCUT2D eigenvalue weighted by atomic mass is 10.1. The van der Waals surface area contributed by atoms with E-state index >= 15 is 0 Å². The summed E-state index contributed by atoms with van der Waals surface area (Å²) in [5, 5.41) is 10.2. The van der Waals surface area contributed by atoms with Crippen LogP contribution in [0.3, 0.4) is 0 Å². The van der Waals surface area contributed by atoms with Crippen LogP contribution >= 0.6 is 11.8 Å². The molecule has 0 saturated heterocycles. The number of thioether (sulfide) groups is 1. The third-order valence-electron chi connectivity index (χ3n) is 2.46. The summed E-state index contributed by atoms with van der Waals surface area (Å²) in [7, 11) is 0. The number of aromatic nitrogens is 1. The molecule has 1 aromatic heterocycles. The molecule has 17 heavy (non-hydrogen) atoms. The van der Waals surface area contributed by atoms with E-state index in [2.05, 4.69) is 11.9 Å². The topological polar surface area (TPSA) is 33.1 Å². The van der Waals surface area contributed by atoms with Gasteiger partial charge in [0.15, 0.2) is 0 Å². The van der Waals surface area contributed by atoms with Crippen molar-refractivity contribution in [3.8, 4) is 11.3 Å². The van der Waals surface area contributed by atoms with Crippen molar-refractivity contribution >= 4 is 11.8 Å². The summed E-state index contributed by atoms with van der Waals surface area (Å²) in [4.78, 5) is 4.61. The third-order valence-corrected chi connectivity index (χ3v) is 3.38. The van der Waals surface area contributed by atoms with Gasteiger partial charge in [-0.3, -0.25) is 0 Å². The summed E-state index contributed by atoms with van der Waals surface area (Å²) in [6.45, 7) is 2.13. The van der Waals surface area contributed by atoms with Crippen molar-refractivity contribution in [1.82, 2.24) is 4.98 Å². The Hall–Kier alpha value is -1.32. The van der Waals surface area contributed by atoms with Crippen LogP contribution in [-0.2, 0) is 6.61 Å². The summed E-state index contributed by atoms with van der Waals surface area (Å²) >= 11 is 1.66. The quantitative estimate of drug-likeness (QED) is 0.838. The van der Waals surface area contributed by atoms with Crippen molar-refractivity contribution in [2.75, 3.05) is 5.75 Å². The van der Waals surface area contributed by atoms with Crippen molar-refractivity contribution in [3.63, 3.8) is 0 Å². The molecular formula is C14H15NOS. The second-order valence-electron chi connectivity index (χ2n) is 3.62. The number of pyridine rings is 1. The molecular weight excluding hydrogens is 230 g/mol. The number of aliphatic hydroxyl groups is 1. The molecule has 0 saturated carbocycles. The monoisotopic (exact) mass is 245 g/mol. The fourth-order valence-corrected chi connectivity index (χ4v) is 2.38. The molecule has 0 radical (unpaired) electrons. The average molecular weight is 245 g/mol. The molecule has 0 spiro atoms. The van der Waals surface area contributed by atoms with Crippen LogP contribution in [0.2, 0.25) is 0 Å². The van der Waals surface area contributed by atoms with E-state index in [1.54, 1.807) is 11.8 Å². The van der Waals surface area contributed by atoms with Crippen LogP contribution in [-0.4, -0.2) is 15.8 Å². The van der Waals surface area contributed by atoms with Crippen molar-refractivity contribution < 1.29 is 5.11 Å². The Morgan fingerprint density at radius 3 is 2.53 bits per heavy atom. The summed E-state index contributed by atoms with van der Waals surface area (Å²) in [5.74, 6) is 0.957. The van der Waals surface area contributed by atoms with Gasteiger partial charge in [0.25, 0.3) is 0 Å². The van der Waals surface area contributed by atoms with E-state index in [9.17, 15) is 5.11 Å². The molecule has 0 aliphatic heterocycles. The van der Waals surface area contributed by atoms with Gasteiger partial charge >= 0.3 is 0 Å². The zero-order valence-corrected chi connectivity index (χ0v) is 10.6. The van der Waals surface area contributed by atoms with Gasteiger partial charge in [0.05, 0.1) is 12.3 Å². The highest BCUT2D eigenvalue weighted by atomic mass is 32.2. The molecule has 0 amide bonds. The molecule has 3 heteroatoms. The second-order valence-corrected chi connectivity index (χ2v) is 4.87. The molecule has 2 rings (SSSR count). The Bertz CT molecular complexity index is 485. The van der Waals surface area contributed by atoms with E-state index < -0.39 is 0 Å². The summed E-state index contributed by atoms with van der Waals surface area (Å²) in [6, 6.07) is 14.0. The molecule has 2 nitrogen and oxygen atoms in total. The van der Waals surface area contributed by atoms with Crippen molar-refractivity contribution in [2.24, 2.45) is 0 Å². The lowest BCUT2D eigenvalue weighted by Gasteiger charge is -2.08. The molecule has 1 aromatic carbocycles. The van der Waals surface area contributed by atoms with Crippen LogP contribution in [0.15, 0.2) is 47.5 Å². The van der Waals surface area contributed by atoms with Gasteiger partial charge in [-0.15, -0.1) is 11.8 Å². The smallest absolute Gasteiger partial charge is 0.102 e. The Morgan fingerprint density at radius 1 is 1.12 bits per heavy atom. The van der Waals surface area contributed by atoms with Gasteiger partial charge < -0.3 is 5.11 Å². The fraction of sp³-hybridized carbons (Fsp3) is 0.214. The Morgan fingerprint density at radius 2 is 1.88 bits per heavy atom. The number of rotatable bonds is 4. The minimum Gasteiger partial charge on any atom is -0.392 e. The van der Waals surface area contributed by atoms with E-state index in [0.717, 1.165) is 27.6 Å². The van der Waals surface area contributed by atoms with Gasteiger partial charge in [-0.05, 0) is 11.8 Å². The summed E-state index contributed by atoms with van der Waals surface area (Å²) in [5.41, 5.74) is 2.96. The van der Waals surface area contributed by atoms with Gasteiger partial charge in [0.1, 0.15) is 5.03 Å². The largest absolute Gasteiger partial charge is 0.392 e. The first-order valence-corrected chi connectivity index (χ1v) is 6.62. The maximum absolute atomic E-state index is 9.25. The number of benzene rings is 1. The average Bonchev–Trinajstić information content (AvgIpc) is 2.40. The zero-order chi connectivity index (χ0) is 12.1. The van der Waals surface area contributed by atoms with Crippen LogP contribution in [0.25, 0.3) is 11.3 Å². The van der Waals surface area contributed by atoms with Gasteiger partial charge in [-0.2, -0.15) is 0 Å². The molecule has 1 heterocycles. The minimum absolute atomic E-state index is 0.0460. The maximum Gasteiger partial charge on any atom is 0.102 e. The minimum atomic E-state index is 0.0460. The van der Waals surface area contributed by atoms with E-state index in [4.69, 9.17) is 0 Å². The molecule has 0 atom stereocenters. The highest BCUT2D eigenvalue weighted by molar-refractivity contribution is 7.99. The number of nitrogens with zero attached hydrogens (tertiary/aromatic N) is 1. The molecule has 0 aliphatic carbocycles. The van der Waals surface area contributed by atoms with Crippen LogP contribution in [0.1, 0.15) is 12.5 Å². The number of hydrogen-bond acceptors (Lipinski definition) is 3. The molecule has 0 aliphatic rings. The summed E-state index contributed by atoms with van der Waals surface area (Å²) in [6.07, 6.45) is 0. The summed E-state index contributed by atoms with van der Waals surface area (Å²) < 4.78 is 0. The maximum atomic E-state index is 9.25. The molecule has 0 fully saturated rings.